The van der Waals surface area contributed by atoms with Gasteiger partial charge in [0.25, 0.3) is 0 Å². The SMILES string of the molecule is COc1cc(C(C)C)ccc1C(C)(C)C(=O)NN. The molecule has 0 aliphatic heterocycles. The molecule has 0 aromatic heterocycles. The van der Waals surface area contributed by atoms with Gasteiger partial charge in [0.05, 0.1) is 12.5 Å². The zero-order chi connectivity index (χ0) is 13.9. The van der Waals surface area contributed by atoms with Gasteiger partial charge in [0.2, 0.25) is 5.91 Å². The largest absolute Gasteiger partial charge is 0.496 e. The van der Waals surface area contributed by atoms with Crippen molar-refractivity contribution in [2.75, 3.05) is 7.11 Å². The predicted octanol–water partition coefficient (Wildman–Crippen LogP) is 2.09. The topological polar surface area (TPSA) is 64.3 Å². The van der Waals surface area contributed by atoms with Crippen LogP contribution >= 0.6 is 0 Å². The standard InChI is InChI=1S/C14H22N2O2/c1-9(2)10-6-7-11(12(8-10)18-5)14(3,4)13(17)16-15/h6-9H,15H2,1-5H3,(H,16,17). The molecule has 18 heavy (non-hydrogen) atoms. The van der Waals surface area contributed by atoms with E-state index in [1.165, 1.54) is 5.56 Å². The van der Waals surface area contributed by atoms with Crippen LogP contribution < -0.4 is 16.0 Å². The fourth-order valence-corrected chi connectivity index (χ4v) is 1.89. The Labute approximate surface area is 108 Å². The summed E-state index contributed by atoms with van der Waals surface area (Å²) < 4.78 is 5.40. The lowest BCUT2D eigenvalue weighted by Gasteiger charge is -2.25. The maximum Gasteiger partial charge on any atom is 0.244 e. The number of ether oxygens (including phenoxy) is 1. The summed E-state index contributed by atoms with van der Waals surface area (Å²) in [5, 5.41) is 0. The van der Waals surface area contributed by atoms with Gasteiger partial charge in [-0.25, -0.2) is 5.84 Å². The molecule has 1 aromatic carbocycles. The number of carbonyl (C=O) groups excluding carboxylic acids is 1. The van der Waals surface area contributed by atoms with Crippen molar-refractivity contribution < 1.29 is 9.53 Å². The number of hydrogen-bond acceptors (Lipinski definition) is 3. The molecule has 0 saturated carbocycles. The number of rotatable bonds is 4. The maximum absolute atomic E-state index is 11.8. The zero-order valence-corrected chi connectivity index (χ0v) is 11.7. The minimum absolute atomic E-state index is 0.238. The van der Waals surface area contributed by atoms with Crippen LogP contribution in [0.2, 0.25) is 0 Å². The van der Waals surface area contributed by atoms with E-state index < -0.39 is 5.41 Å². The molecular formula is C14H22N2O2. The van der Waals surface area contributed by atoms with Gasteiger partial charge in [0.15, 0.2) is 0 Å². The zero-order valence-electron chi connectivity index (χ0n) is 11.7. The third-order valence-electron chi connectivity index (χ3n) is 3.26. The van der Waals surface area contributed by atoms with E-state index in [1.807, 2.05) is 32.0 Å². The van der Waals surface area contributed by atoms with Crippen LogP contribution in [0.4, 0.5) is 0 Å². The van der Waals surface area contributed by atoms with Crippen LogP contribution in [0.15, 0.2) is 18.2 Å². The number of hydrogen-bond donors (Lipinski definition) is 2. The van der Waals surface area contributed by atoms with Crippen LogP contribution in [0.1, 0.15) is 44.7 Å². The molecule has 0 bridgehead atoms. The Morgan fingerprint density at radius 3 is 2.44 bits per heavy atom. The molecule has 4 nitrogen and oxygen atoms in total. The van der Waals surface area contributed by atoms with E-state index in [4.69, 9.17) is 10.6 Å². The summed E-state index contributed by atoms with van der Waals surface area (Å²) in [6, 6.07) is 5.93. The molecule has 0 aliphatic carbocycles. The van der Waals surface area contributed by atoms with Crippen LogP contribution in [0.5, 0.6) is 5.75 Å². The molecule has 100 valence electrons. The van der Waals surface area contributed by atoms with Gasteiger partial charge >= 0.3 is 0 Å². The summed E-state index contributed by atoms with van der Waals surface area (Å²) in [7, 11) is 1.61. The van der Waals surface area contributed by atoms with E-state index in [9.17, 15) is 4.79 Å². The van der Waals surface area contributed by atoms with Crippen molar-refractivity contribution in [1.29, 1.82) is 0 Å². The number of methoxy groups -OCH3 is 1. The van der Waals surface area contributed by atoms with Gasteiger partial charge in [-0.15, -0.1) is 0 Å². The Morgan fingerprint density at radius 1 is 1.39 bits per heavy atom. The maximum atomic E-state index is 11.8. The average molecular weight is 250 g/mol. The molecule has 0 atom stereocenters. The van der Waals surface area contributed by atoms with Crippen molar-refractivity contribution in [3.05, 3.63) is 29.3 Å². The Balaban J connectivity index is 3.29. The van der Waals surface area contributed by atoms with E-state index in [2.05, 4.69) is 19.3 Å². The molecule has 3 N–H and O–H groups in total. The first-order valence-electron chi connectivity index (χ1n) is 6.04. The number of nitrogens with two attached hydrogens (primary N) is 1. The molecule has 0 aliphatic rings. The third-order valence-corrected chi connectivity index (χ3v) is 3.26. The number of amides is 1. The minimum Gasteiger partial charge on any atom is -0.496 e. The summed E-state index contributed by atoms with van der Waals surface area (Å²) in [5.74, 6) is 6.12. The molecule has 0 spiro atoms. The Bertz CT molecular complexity index is 439. The van der Waals surface area contributed by atoms with E-state index in [0.717, 1.165) is 11.3 Å². The van der Waals surface area contributed by atoms with Gasteiger partial charge in [-0.05, 0) is 31.4 Å². The van der Waals surface area contributed by atoms with E-state index in [0.29, 0.717) is 5.92 Å². The summed E-state index contributed by atoms with van der Waals surface area (Å²) in [6.07, 6.45) is 0. The van der Waals surface area contributed by atoms with Gasteiger partial charge in [-0.2, -0.15) is 0 Å². The summed E-state index contributed by atoms with van der Waals surface area (Å²) in [5.41, 5.74) is 3.48. The second-order valence-corrected chi connectivity index (χ2v) is 5.21. The third kappa shape index (κ3) is 2.64. The molecule has 4 heteroatoms. The van der Waals surface area contributed by atoms with Gasteiger partial charge in [0, 0.05) is 5.56 Å². The molecule has 0 heterocycles. The van der Waals surface area contributed by atoms with Crippen LogP contribution in [0.3, 0.4) is 0 Å². The lowest BCUT2D eigenvalue weighted by Crippen LogP contribution is -2.43. The quantitative estimate of drug-likeness (QED) is 0.488. The second-order valence-electron chi connectivity index (χ2n) is 5.21. The van der Waals surface area contributed by atoms with Gasteiger partial charge in [-0.1, -0.05) is 26.0 Å². The Kier molecular flexibility index (Phi) is 4.35. The molecular weight excluding hydrogens is 228 g/mol. The monoisotopic (exact) mass is 250 g/mol. The van der Waals surface area contributed by atoms with Crippen molar-refractivity contribution in [2.24, 2.45) is 5.84 Å². The van der Waals surface area contributed by atoms with E-state index >= 15 is 0 Å². The summed E-state index contributed by atoms with van der Waals surface area (Å²) >= 11 is 0. The molecule has 1 rings (SSSR count). The summed E-state index contributed by atoms with van der Waals surface area (Å²) in [4.78, 5) is 11.8. The van der Waals surface area contributed by atoms with E-state index in [1.54, 1.807) is 7.11 Å². The minimum atomic E-state index is -0.727. The van der Waals surface area contributed by atoms with Crippen LogP contribution in [0, 0.1) is 0 Å². The van der Waals surface area contributed by atoms with E-state index in [-0.39, 0.29) is 5.91 Å². The van der Waals surface area contributed by atoms with Crippen LogP contribution in [-0.4, -0.2) is 13.0 Å². The number of benzene rings is 1. The second kappa shape index (κ2) is 5.40. The molecule has 0 unspecified atom stereocenters. The Hall–Kier alpha value is -1.55. The number of nitrogens with one attached hydrogen (secondary N) is 1. The van der Waals surface area contributed by atoms with Crippen molar-refractivity contribution in [2.45, 2.75) is 39.0 Å². The highest BCUT2D eigenvalue weighted by Gasteiger charge is 2.32. The average Bonchev–Trinajstić information content (AvgIpc) is 2.36. The van der Waals surface area contributed by atoms with Gasteiger partial charge < -0.3 is 4.74 Å². The lowest BCUT2D eigenvalue weighted by atomic mass is 9.82. The fourth-order valence-electron chi connectivity index (χ4n) is 1.89. The van der Waals surface area contributed by atoms with Crippen molar-refractivity contribution >= 4 is 5.91 Å². The first kappa shape index (κ1) is 14.5. The Morgan fingerprint density at radius 2 is 2.00 bits per heavy atom. The predicted molar refractivity (Wildman–Crippen MR) is 72.4 cm³/mol. The smallest absolute Gasteiger partial charge is 0.244 e. The fraction of sp³-hybridized carbons (Fsp3) is 0.500. The number of carbonyl (C=O) groups is 1. The van der Waals surface area contributed by atoms with Crippen molar-refractivity contribution in [3.8, 4) is 5.75 Å². The molecule has 0 saturated heterocycles. The molecule has 0 radical (unpaired) electrons. The highest BCUT2D eigenvalue weighted by molar-refractivity contribution is 5.87. The lowest BCUT2D eigenvalue weighted by molar-refractivity contribution is -0.125. The van der Waals surface area contributed by atoms with Gasteiger partial charge in [0.1, 0.15) is 5.75 Å². The normalized spacial score (nSPS) is 11.5. The van der Waals surface area contributed by atoms with Crippen molar-refractivity contribution in [1.82, 2.24) is 5.43 Å². The number of hydrazine groups is 1. The van der Waals surface area contributed by atoms with Crippen LogP contribution in [-0.2, 0) is 10.2 Å². The molecule has 0 fully saturated rings. The van der Waals surface area contributed by atoms with Crippen molar-refractivity contribution in [3.63, 3.8) is 0 Å². The molecule has 1 amide bonds. The van der Waals surface area contributed by atoms with Crippen LogP contribution in [0.25, 0.3) is 0 Å². The first-order valence-corrected chi connectivity index (χ1v) is 6.04. The molecule has 1 aromatic rings. The highest BCUT2D eigenvalue weighted by atomic mass is 16.5. The highest BCUT2D eigenvalue weighted by Crippen LogP contribution is 2.34. The summed E-state index contributed by atoms with van der Waals surface area (Å²) in [6.45, 7) is 7.88. The van der Waals surface area contributed by atoms with Gasteiger partial charge in [-0.3, -0.25) is 10.2 Å². The first-order chi connectivity index (χ1) is 8.34.